The van der Waals surface area contributed by atoms with E-state index in [1.807, 2.05) is 37.3 Å². The molecule has 0 bridgehead atoms. The molecule has 0 aliphatic carbocycles. The van der Waals surface area contributed by atoms with Gasteiger partial charge >= 0.3 is 0 Å². The number of anilines is 1. The summed E-state index contributed by atoms with van der Waals surface area (Å²) in [6, 6.07) is 25.9. The Labute approximate surface area is 268 Å². The van der Waals surface area contributed by atoms with Crippen LogP contribution in [0.4, 0.5) is 5.69 Å². The number of methoxy groups -OCH3 is 1. The van der Waals surface area contributed by atoms with Gasteiger partial charge in [0.2, 0.25) is 11.8 Å². The quantitative estimate of drug-likeness (QED) is 0.206. The Morgan fingerprint density at radius 3 is 2.05 bits per heavy atom. The van der Waals surface area contributed by atoms with Crippen LogP contribution in [-0.4, -0.2) is 51.9 Å². The van der Waals surface area contributed by atoms with Crippen molar-refractivity contribution < 1.29 is 22.7 Å². The summed E-state index contributed by atoms with van der Waals surface area (Å²) in [5.41, 5.74) is 2.37. The van der Waals surface area contributed by atoms with E-state index in [-0.39, 0.29) is 23.5 Å². The molecule has 2 amide bonds. The Balaban J connectivity index is 1.82. The Kier molecular flexibility index (Phi) is 10.9. The molecule has 0 aromatic heterocycles. The molecule has 0 aliphatic heterocycles. The standard InChI is InChI=1S/C33H33Cl2N3O5S/c1-23-12-18-27(19-13-23)44(41,42)38(25-14-16-26(43-3)17-15-25)22-32(39)37(21-28-29(34)10-7-11-30(28)35)31(33(40)36-2)20-24-8-5-4-6-9-24/h4-19,31H,20-22H2,1-3H3,(H,36,40). The molecule has 4 aromatic carbocycles. The lowest BCUT2D eigenvalue weighted by Gasteiger charge is -2.34. The van der Waals surface area contributed by atoms with Gasteiger partial charge in [0.05, 0.1) is 17.7 Å². The highest BCUT2D eigenvalue weighted by Gasteiger charge is 2.35. The Bertz CT molecular complexity index is 1680. The summed E-state index contributed by atoms with van der Waals surface area (Å²) in [5.74, 6) is -0.537. The Hall–Kier alpha value is -4.05. The SMILES string of the molecule is CNC(=O)C(Cc1ccccc1)N(Cc1c(Cl)cccc1Cl)C(=O)CN(c1ccc(OC)cc1)S(=O)(=O)c1ccc(C)cc1. The largest absolute Gasteiger partial charge is 0.497 e. The van der Waals surface area contributed by atoms with Crippen LogP contribution in [0.2, 0.25) is 10.0 Å². The first-order valence-corrected chi connectivity index (χ1v) is 16.0. The van der Waals surface area contributed by atoms with Crippen LogP contribution < -0.4 is 14.4 Å². The molecule has 1 unspecified atom stereocenters. The minimum Gasteiger partial charge on any atom is -0.497 e. The van der Waals surface area contributed by atoms with Gasteiger partial charge in [0.15, 0.2) is 0 Å². The van der Waals surface area contributed by atoms with Crippen molar-refractivity contribution >= 4 is 50.7 Å². The van der Waals surface area contributed by atoms with Crippen molar-refractivity contribution in [3.63, 3.8) is 0 Å². The highest BCUT2D eigenvalue weighted by atomic mass is 35.5. The Morgan fingerprint density at radius 1 is 0.864 bits per heavy atom. The molecule has 4 rings (SSSR count). The van der Waals surface area contributed by atoms with E-state index in [4.69, 9.17) is 27.9 Å². The predicted octanol–water partition coefficient (Wildman–Crippen LogP) is 5.89. The number of amides is 2. The third kappa shape index (κ3) is 7.72. The second kappa shape index (κ2) is 14.6. The second-order valence-electron chi connectivity index (χ2n) is 10.1. The lowest BCUT2D eigenvalue weighted by atomic mass is 10.0. The smallest absolute Gasteiger partial charge is 0.264 e. The van der Waals surface area contributed by atoms with Crippen molar-refractivity contribution in [1.82, 2.24) is 10.2 Å². The van der Waals surface area contributed by atoms with Crippen LogP contribution in [0, 0.1) is 6.92 Å². The van der Waals surface area contributed by atoms with Crippen molar-refractivity contribution in [2.24, 2.45) is 0 Å². The monoisotopic (exact) mass is 653 g/mol. The zero-order chi connectivity index (χ0) is 31.9. The van der Waals surface area contributed by atoms with E-state index in [1.54, 1.807) is 54.6 Å². The normalized spacial score (nSPS) is 11.8. The molecular weight excluding hydrogens is 621 g/mol. The minimum absolute atomic E-state index is 0.0135. The van der Waals surface area contributed by atoms with Crippen molar-refractivity contribution in [3.8, 4) is 5.75 Å². The number of halogens is 2. The van der Waals surface area contributed by atoms with Gasteiger partial charge in [0, 0.05) is 35.6 Å². The van der Waals surface area contributed by atoms with Gasteiger partial charge in [0.25, 0.3) is 10.0 Å². The van der Waals surface area contributed by atoms with E-state index in [0.29, 0.717) is 21.4 Å². The summed E-state index contributed by atoms with van der Waals surface area (Å²) in [6.45, 7) is 1.11. The first-order chi connectivity index (χ1) is 21.0. The summed E-state index contributed by atoms with van der Waals surface area (Å²) < 4.78 is 34.4. The summed E-state index contributed by atoms with van der Waals surface area (Å²) in [6.07, 6.45) is 0.168. The fraction of sp³-hybridized carbons (Fsp3) is 0.212. The van der Waals surface area contributed by atoms with Crippen molar-refractivity contribution in [2.45, 2.75) is 30.8 Å². The number of aryl methyl sites for hydroxylation is 1. The van der Waals surface area contributed by atoms with Crippen molar-refractivity contribution in [2.75, 3.05) is 25.0 Å². The predicted molar refractivity (Wildman–Crippen MR) is 174 cm³/mol. The number of benzene rings is 4. The lowest BCUT2D eigenvalue weighted by Crippen LogP contribution is -2.53. The highest BCUT2D eigenvalue weighted by Crippen LogP contribution is 2.29. The molecular formula is C33H33Cl2N3O5S. The summed E-state index contributed by atoms with van der Waals surface area (Å²) in [5, 5.41) is 3.27. The first-order valence-electron chi connectivity index (χ1n) is 13.8. The molecule has 230 valence electrons. The van der Waals surface area contributed by atoms with E-state index >= 15 is 0 Å². The number of carbonyl (C=O) groups excluding carboxylic acids is 2. The molecule has 0 fully saturated rings. The molecule has 1 N–H and O–H groups in total. The molecule has 4 aromatic rings. The number of rotatable bonds is 12. The number of hydrogen-bond acceptors (Lipinski definition) is 5. The number of ether oxygens (including phenoxy) is 1. The summed E-state index contributed by atoms with van der Waals surface area (Å²) in [4.78, 5) is 29.1. The van der Waals surface area contributed by atoms with Crippen LogP contribution in [0.15, 0.2) is 102 Å². The zero-order valence-electron chi connectivity index (χ0n) is 24.5. The number of sulfonamides is 1. The third-order valence-corrected chi connectivity index (χ3v) is 9.65. The van der Waals surface area contributed by atoms with E-state index in [0.717, 1.165) is 15.4 Å². The van der Waals surface area contributed by atoms with Crippen molar-refractivity contribution in [3.05, 3.63) is 124 Å². The number of likely N-dealkylation sites (N-methyl/N-ethyl adjacent to an activating group) is 1. The lowest BCUT2D eigenvalue weighted by molar-refractivity contribution is -0.139. The molecule has 44 heavy (non-hydrogen) atoms. The maximum absolute atomic E-state index is 14.4. The molecule has 0 heterocycles. The van der Waals surface area contributed by atoms with Crippen LogP contribution in [0.5, 0.6) is 5.75 Å². The zero-order valence-corrected chi connectivity index (χ0v) is 26.9. The molecule has 8 nitrogen and oxygen atoms in total. The maximum atomic E-state index is 14.4. The van der Waals surface area contributed by atoms with Crippen LogP contribution in [0.25, 0.3) is 0 Å². The molecule has 11 heteroatoms. The maximum Gasteiger partial charge on any atom is 0.264 e. The Morgan fingerprint density at radius 2 is 1.48 bits per heavy atom. The molecule has 0 radical (unpaired) electrons. The average molecular weight is 655 g/mol. The van der Waals surface area contributed by atoms with Crippen LogP contribution in [-0.2, 0) is 32.6 Å². The van der Waals surface area contributed by atoms with Gasteiger partial charge in [-0.15, -0.1) is 0 Å². The molecule has 0 saturated heterocycles. The summed E-state index contributed by atoms with van der Waals surface area (Å²) >= 11 is 13.0. The molecule has 0 aliphatic rings. The fourth-order valence-corrected chi connectivity index (χ4v) is 6.62. The number of carbonyl (C=O) groups is 2. The van der Waals surface area contributed by atoms with Gasteiger partial charge in [-0.05, 0) is 61.0 Å². The molecule has 0 saturated carbocycles. The third-order valence-electron chi connectivity index (χ3n) is 7.16. The van der Waals surface area contributed by atoms with Crippen LogP contribution in [0.3, 0.4) is 0 Å². The second-order valence-corrected chi connectivity index (χ2v) is 12.7. The first kappa shape index (κ1) is 32.9. The average Bonchev–Trinajstić information content (AvgIpc) is 3.03. The van der Waals surface area contributed by atoms with Gasteiger partial charge in [-0.25, -0.2) is 8.42 Å². The fourth-order valence-electron chi connectivity index (χ4n) is 4.69. The van der Waals surface area contributed by atoms with Gasteiger partial charge in [0.1, 0.15) is 18.3 Å². The van der Waals surface area contributed by atoms with E-state index in [9.17, 15) is 18.0 Å². The highest BCUT2D eigenvalue weighted by molar-refractivity contribution is 7.92. The van der Waals surface area contributed by atoms with Crippen LogP contribution >= 0.6 is 23.2 Å². The van der Waals surface area contributed by atoms with Crippen molar-refractivity contribution in [1.29, 1.82) is 0 Å². The van der Waals surface area contributed by atoms with Gasteiger partial charge in [-0.3, -0.25) is 13.9 Å². The van der Waals surface area contributed by atoms with E-state index in [2.05, 4.69) is 5.32 Å². The van der Waals surface area contributed by atoms with E-state index < -0.39 is 34.4 Å². The van der Waals surface area contributed by atoms with Gasteiger partial charge in [-0.1, -0.05) is 77.3 Å². The van der Waals surface area contributed by atoms with Gasteiger partial charge < -0.3 is 15.0 Å². The van der Waals surface area contributed by atoms with Gasteiger partial charge in [-0.2, -0.15) is 0 Å². The molecule has 0 spiro atoms. The topological polar surface area (TPSA) is 96.0 Å². The minimum atomic E-state index is -4.23. The summed E-state index contributed by atoms with van der Waals surface area (Å²) in [7, 11) is -1.24. The molecule has 1 atom stereocenters. The number of hydrogen-bond donors (Lipinski definition) is 1. The number of nitrogens with one attached hydrogen (secondary N) is 1. The van der Waals surface area contributed by atoms with E-state index in [1.165, 1.54) is 31.2 Å². The number of nitrogens with zero attached hydrogens (tertiary/aromatic N) is 2. The van der Waals surface area contributed by atoms with Crippen LogP contribution in [0.1, 0.15) is 16.7 Å².